The quantitative estimate of drug-likeness (QED) is 0.522. The van der Waals surface area contributed by atoms with Gasteiger partial charge in [0.1, 0.15) is 0 Å². The van der Waals surface area contributed by atoms with Crippen molar-refractivity contribution in [3.05, 3.63) is 0 Å². The molecule has 114 valence electrons. The zero-order chi connectivity index (χ0) is 14.7. The molecule has 0 rings (SSSR count). The van der Waals surface area contributed by atoms with Gasteiger partial charge in [0.2, 0.25) is 0 Å². The number of rotatable bonds is 12. The van der Waals surface area contributed by atoms with Gasteiger partial charge in [-0.15, -0.1) is 0 Å². The first kappa shape index (κ1) is 18.4. The molecule has 0 saturated heterocycles. The van der Waals surface area contributed by atoms with Gasteiger partial charge in [-0.05, 0) is 18.3 Å². The van der Waals surface area contributed by atoms with Crippen LogP contribution in [0.3, 0.4) is 0 Å². The van der Waals surface area contributed by atoms with Crippen LogP contribution >= 0.6 is 0 Å². The highest BCUT2D eigenvalue weighted by Crippen LogP contribution is 2.38. The first-order chi connectivity index (χ1) is 9.01. The molecule has 0 aromatic carbocycles. The van der Waals surface area contributed by atoms with Crippen molar-refractivity contribution in [3.8, 4) is 0 Å². The van der Waals surface area contributed by atoms with E-state index in [0.717, 1.165) is 32.1 Å². The summed E-state index contributed by atoms with van der Waals surface area (Å²) in [6.45, 7) is 6.11. The molecule has 0 bridgehead atoms. The maximum Gasteiger partial charge on any atom is 0.309 e. The van der Waals surface area contributed by atoms with Crippen molar-refractivity contribution in [2.75, 3.05) is 6.61 Å². The number of aliphatic hydroxyl groups excluding tert-OH is 1. The van der Waals surface area contributed by atoms with E-state index in [-0.39, 0.29) is 12.0 Å². The highest BCUT2D eigenvalue weighted by molar-refractivity contribution is 5.71. The summed E-state index contributed by atoms with van der Waals surface area (Å²) in [5.74, 6) is -1.47. The second-order valence-corrected chi connectivity index (χ2v) is 6.00. The number of unbranched alkanes of at least 4 members (excludes halogenated alkanes) is 5. The van der Waals surface area contributed by atoms with Gasteiger partial charge in [0.05, 0.1) is 12.5 Å². The molecule has 2 N–H and O–H groups in total. The van der Waals surface area contributed by atoms with Crippen LogP contribution in [0.25, 0.3) is 0 Å². The van der Waals surface area contributed by atoms with Crippen LogP contribution in [0.5, 0.6) is 0 Å². The fourth-order valence-electron chi connectivity index (χ4n) is 2.78. The molecule has 0 saturated carbocycles. The standard InChI is InChI=1S/C16H32O3/c1-4-6-8-9-10-12-16(3,11-7-5-2)14(13-17)15(18)19/h14,17H,4-13H2,1-3H3,(H,18,19). The fourth-order valence-corrected chi connectivity index (χ4v) is 2.78. The lowest BCUT2D eigenvalue weighted by Crippen LogP contribution is -2.36. The molecule has 19 heavy (non-hydrogen) atoms. The Balaban J connectivity index is 4.44. The molecule has 0 aromatic heterocycles. The van der Waals surface area contributed by atoms with Gasteiger partial charge in [-0.25, -0.2) is 0 Å². The lowest BCUT2D eigenvalue weighted by atomic mass is 9.70. The summed E-state index contributed by atoms with van der Waals surface area (Å²) >= 11 is 0. The number of aliphatic carboxylic acids is 1. The number of hydrogen-bond donors (Lipinski definition) is 2. The number of hydrogen-bond acceptors (Lipinski definition) is 2. The Morgan fingerprint density at radius 1 is 1.00 bits per heavy atom. The highest BCUT2D eigenvalue weighted by Gasteiger charge is 2.37. The van der Waals surface area contributed by atoms with Crippen molar-refractivity contribution < 1.29 is 15.0 Å². The van der Waals surface area contributed by atoms with Crippen LogP contribution in [-0.2, 0) is 4.79 Å². The zero-order valence-electron chi connectivity index (χ0n) is 13.0. The van der Waals surface area contributed by atoms with Crippen LogP contribution in [0, 0.1) is 11.3 Å². The summed E-state index contributed by atoms with van der Waals surface area (Å²) in [5, 5.41) is 18.7. The second-order valence-electron chi connectivity index (χ2n) is 6.00. The van der Waals surface area contributed by atoms with E-state index in [9.17, 15) is 15.0 Å². The number of aliphatic hydroxyl groups is 1. The average Bonchev–Trinajstić information content (AvgIpc) is 2.36. The molecule has 2 unspecified atom stereocenters. The molecule has 0 aliphatic rings. The normalized spacial score (nSPS) is 16.0. The summed E-state index contributed by atoms with van der Waals surface area (Å²) in [7, 11) is 0. The third kappa shape index (κ3) is 6.95. The van der Waals surface area contributed by atoms with Crippen molar-refractivity contribution in [2.45, 2.75) is 78.6 Å². The fraction of sp³-hybridized carbons (Fsp3) is 0.938. The molecule has 0 fully saturated rings. The van der Waals surface area contributed by atoms with Gasteiger partial charge in [-0.3, -0.25) is 4.79 Å². The lowest BCUT2D eigenvalue weighted by molar-refractivity contribution is -0.149. The minimum absolute atomic E-state index is 0.246. The first-order valence-corrected chi connectivity index (χ1v) is 7.85. The van der Waals surface area contributed by atoms with Gasteiger partial charge in [0, 0.05) is 0 Å². The third-order valence-corrected chi connectivity index (χ3v) is 4.27. The molecule has 2 atom stereocenters. The summed E-state index contributed by atoms with van der Waals surface area (Å²) in [5.41, 5.74) is -0.261. The molecule has 3 heteroatoms. The van der Waals surface area contributed by atoms with Crippen LogP contribution < -0.4 is 0 Å². The minimum Gasteiger partial charge on any atom is -0.481 e. The highest BCUT2D eigenvalue weighted by atomic mass is 16.4. The van der Waals surface area contributed by atoms with E-state index in [1.54, 1.807) is 0 Å². The maximum atomic E-state index is 11.3. The van der Waals surface area contributed by atoms with Crippen LogP contribution in [0.1, 0.15) is 78.6 Å². The smallest absolute Gasteiger partial charge is 0.309 e. The molecular formula is C16H32O3. The maximum absolute atomic E-state index is 11.3. The topological polar surface area (TPSA) is 57.5 Å². The van der Waals surface area contributed by atoms with Crippen molar-refractivity contribution in [3.63, 3.8) is 0 Å². The lowest BCUT2D eigenvalue weighted by Gasteiger charge is -2.34. The van der Waals surface area contributed by atoms with E-state index in [2.05, 4.69) is 13.8 Å². The van der Waals surface area contributed by atoms with Crippen LogP contribution in [0.4, 0.5) is 0 Å². The predicted molar refractivity (Wildman–Crippen MR) is 79.2 cm³/mol. The monoisotopic (exact) mass is 272 g/mol. The Morgan fingerprint density at radius 2 is 1.53 bits per heavy atom. The average molecular weight is 272 g/mol. The van der Waals surface area contributed by atoms with Crippen LogP contribution in [-0.4, -0.2) is 22.8 Å². The molecule has 0 aliphatic heterocycles. The Labute approximate surface area is 118 Å². The molecule has 0 spiro atoms. The third-order valence-electron chi connectivity index (χ3n) is 4.27. The van der Waals surface area contributed by atoms with Gasteiger partial charge in [0.15, 0.2) is 0 Å². The number of carboxylic acid groups (broad SMARTS) is 1. The number of carboxylic acids is 1. The number of carbonyl (C=O) groups is 1. The van der Waals surface area contributed by atoms with E-state index < -0.39 is 11.9 Å². The van der Waals surface area contributed by atoms with Crippen LogP contribution in [0.2, 0.25) is 0 Å². The second kappa shape index (κ2) is 10.2. The Hall–Kier alpha value is -0.570. The molecule has 0 amide bonds. The van der Waals surface area contributed by atoms with Crippen molar-refractivity contribution in [1.29, 1.82) is 0 Å². The summed E-state index contributed by atoms with van der Waals surface area (Å²) in [6.07, 6.45) is 9.88. The van der Waals surface area contributed by atoms with E-state index in [0.29, 0.717) is 0 Å². The van der Waals surface area contributed by atoms with Crippen LogP contribution in [0.15, 0.2) is 0 Å². The van der Waals surface area contributed by atoms with Crippen molar-refractivity contribution >= 4 is 5.97 Å². The SMILES string of the molecule is CCCCCCCC(C)(CCCC)C(CO)C(=O)O. The van der Waals surface area contributed by atoms with E-state index >= 15 is 0 Å². The molecule has 0 aromatic rings. The molecule has 0 radical (unpaired) electrons. The summed E-state index contributed by atoms with van der Waals surface area (Å²) in [6, 6.07) is 0. The minimum atomic E-state index is -0.852. The summed E-state index contributed by atoms with van der Waals surface area (Å²) < 4.78 is 0. The van der Waals surface area contributed by atoms with E-state index in [1.165, 1.54) is 25.7 Å². The van der Waals surface area contributed by atoms with E-state index in [4.69, 9.17) is 0 Å². The van der Waals surface area contributed by atoms with Gasteiger partial charge in [0.25, 0.3) is 0 Å². The molecular weight excluding hydrogens is 240 g/mol. The largest absolute Gasteiger partial charge is 0.481 e. The van der Waals surface area contributed by atoms with Crippen molar-refractivity contribution in [2.24, 2.45) is 11.3 Å². The van der Waals surface area contributed by atoms with E-state index in [1.807, 2.05) is 6.92 Å². The first-order valence-electron chi connectivity index (χ1n) is 7.85. The summed E-state index contributed by atoms with van der Waals surface area (Å²) in [4.78, 5) is 11.3. The van der Waals surface area contributed by atoms with Gasteiger partial charge in [-0.2, -0.15) is 0 Å². The van der Waals surface area contributed by atoms with Gasteiger partial charge in [-0.1, -0.05) is 65.7 Å². The van der Waals surface area contributed by atoms with Gasteiger partial charge < -0.3 is 10.2 Å². The molecule has 3 nitrogen and oxygen atoms in total. The zero-order valence-corrected chi connectivity index (χ0v) is 13.0. The predicted octanol–water partition coefficient (Wildman–Crippen LogP) is 4.24. The molecule has 0 aliphatic carbocycles. The van der Waals surface area contributed by atoms with Crippen molar-refractivity contribution in [1.82, 2.24) is 0 Å². The van der Waals surface area contributed by atoms with Gasteiger partial charge >= 0.3 is 5.97 Å². The Morgan fingerprint density at radius 3 is 2.00 bits per heavy atom. The Kier molecular flexibility index (Phi) is 9.94. The Bertz CT molecular complexity index is 240. The molecule has 0 heterocycles.